The lowest BCUT2D eigenvalue weighted by atomic mass is 9.89. The van der Waals surface area contributed by atoms with Gasteiger partial charge < -0.3 is 19.5 Å². The molecule has 1 N–H and O–H groups in total. The van der Waals surface area contributed by atoms with Crippen LogP contribution in [0.25, 0.3) is 0 Å². The molecule has 6 heteroatoms. The molecule has 2 aromatic rings. The van der Waals surface area contributed by atoms with E-state index in [1.807, 2.05) is 42.5 Å². The molecule has 1 aliphatic carbocycles. The Morgan fingerprint density at radius 1 is 1.04 bits per heavy atom. The summed E-state index contributed by atoms with van der Waals surface area (Å²) >= 11 is 0. The quantitative estimate of drug-likeness (QED) is 0.888. The van der Waals surface area contributed by atoms with E-state index in [0.717, 1.165) is 34.6 Å². The number of nitrogens with zero attached hydrogens (tertiary/aromatic N) is 1. The van der Waals surface area contributed by atoms with Gasteiger partial charge in [0.2, 0.25) is 5.91 Å². The van der Waals surface area contributed by atoms with E-state index >= 15 is 0 Å². The van der Waals surface area contributed by atoms with Gasteiger partial charge >= 0.3 is 5.97 Å². The minimum atomic E-state index is -0.885. The average Bonchev–Trinajstić information content (AvgIpc) is 3.53. The van der Waals surface area contributed by atoms with Crippen molar-refractivity contribution in [3.8, 4) is 11.5 Å². The molecule has 0 spiro atoms. The number of carboxylic acid groups (broad SMARTS) is 1. The number of carbonyl (C=O) groups is 2. The van der Waals surface area contributed by atoms with Crippen LogP contribution in [0.1, 0.15) is 34.9 Å². The zero-order valence-electron chi connectivity index (χ0n) is 15.3. The summed E-state index contributed by atoms with van der Waals surface area (Å²) < 4.78 is 11.2. The second-order valence-corrected chi connectivity index (χ2v) is 7.66. The fourth-order valence-corrected chi connectivity index (χ4v) is 4.35. The zero-order valence-corrected chi connectivity index (χ0v) is 15.3. The molecule has 3 aliphatic rings. The third kappa shape index (κ3) is 2.89. The highest BCUT2D eigenvalue weighted by molar-refractivity contribution is 5.85. The van der Waals surface area contributed by atoms with Crippen LogP contribution in [0.2, 0.25) is 0 Å². The fourth-order valence-electron chi connectivity index (χ4n) is 4.35. The number of aliphatic carboxylic acids is 1. The molecule has 2 aliphatic heterocycles. The van der Waals surface area contributed by atoms with Crippen molar-refractivity contribution in [1.29, 1.82) is 0 Å². The first-order valence-corrected chi connectivity index (χ1v) is 9.61. The lowest BCUT2D eigenvalue weighted by molar-refractivity contribution is -0.141. The Kier molecular flexibility index (Phi) is 4.00. The predicted octanol–water partition coefficient (Wildman–Crippen LogP) is 2.77. The maximum absolute atomic E-state index is 13.1. The van der Waals surface area contributed by atoms with Gasteiger partial charge in [0.15, 0.2) is 11.5 Å². The van der Waals surface area contributed by atoms with Gasteiger partial charge in [-0.3, -0.25) is 9.59 Å². The van der Waals surface area contributed by atoms with E-state index in [4.69, 9.17) is 9.47 Å². The normalized spacial score (nSPS) is 25.0. The highest BCUT2D eigenvalue weighted by atomic mass is 16.6. The minimum absolute atomic E-state index is 0.0423. The SMILES string of the molecule is O=C(O)C1CN(C(=O)C2CC2c2ccc3c(c2)OCCO3)Cc2ccccc21. The van der Waals surface area contributed by atoms with Gasteiger partial charge in [-0.1, -0.05) is 30.3 Å². The first kappa shape index (κ1) is 17.1. The molecule has 6 nitrogen and oxygen atoms in total. The molecule has 0 aromatic heterocycles. The molecular weight excluding hydrogens is 358 g/mol. The van der Waals surface area contributed by atoms with Gasteiger partial charge in [-0.05, 0) is 41.2 Å². The van der Waals surface area contributed by atoms with E-state index in [0.29, 0.717) is 19.8 Å². The number of hydrogen-bond acceptors (Lipinski definition) is 4. The van der Waals surface area contributed by atoms with E-state index in [1.54, 1.807) is 4.90 Å². The lowest BCUT2D eigenvalue weighted by Gasteiger charge is -2.33. The molecule has 0 saturated heterocycles. The van der Waals surface area contributed by atoms with Crippen molar-refractivity contribution < 1.29 is 24.2 Å². The summed E-state index contributed by atoms with van der Waals surface area (Å²) in [6, 6.07) is 13.4. The van der Waals surface area contributed by atoms with E-state index in [9.17, 15) is 14.7 Å². The van der Waals surface area contributed by atoms with Crippen LogP contribution in [-0.2, 0) is 16.1 Å². The number of benzene rings is 2. The molecule has 1 saturated carbocycles. The van der Waals surface area contributed by atoms with Crippen molar-refractivity contribution in [2.75, 3.05) is 19.8 Å². The Bertz CT molecular complexity index is 956. The number of ether oxygens (including phenoxy) is 2. The van der Waals surface area contributed by atoms with Crippen LogP contribution in [0.3, 0.4) is 0 Å². The van der Waals surface area contributed by atoms with E-state index in [2.05, 4.69) is 0 Å². The Morgan fingerprint density at radius 2 is 1.82 bits per heavy atom. The van der Waals surface area contributed by atoms with Crippen LogP contribution >= 0.6 is 0 Å². The van der Waals surface area contributed by atoms with Crippen molar-refractivity contribution in [3.63, 3.8) is 0 Å². The van der Waals surface area contributed by atoms with Crippen LogP contribution in [0.4, 0.5) is 0 Å². The van der Waals surface area contributed by atoms with Gasteiger partial charge in [0.25, 0.3) is 0 Å². The molecule has 1 amide bonds. The maximum Gasteiger partial charge on any atom is 0.312 e. The van der Waals surface area contributed by atoms with Crippen LogP contribution < -0.4 is 9.47 Å². The molecule has 144 valence electrons. The number of fused-ring (bicyclic) bond motifs is 2. The Hall–Kier alpha value is -3.02. The molecule has 28 heavy (non-hydrogen) atoms. The number of hydrogen-bond donors (Lipinski definition) is 1. The van der Waals surface area contributed by atoms with Crippen molar-refractivity contribution >= 4 is 11.9 Å². The van der Waals surface area contributed by atoms with E-state index < -0.39 is 11.9 Å². The summed E-state index contributed by atoms with van der Waals surface area (Å²) in [6.45, 7) is 1.80. The van der Waals surface area contributed by atoms with Gasteiger partial charge in [0.05, 0.1) is 5.92 Å². The highest BCUT2D eigenvalue weighted by Crippen LogP contribution is 2.50. The monoisotopic (exact) mass is 379 g/mol. The topological polar surface area (TPSA) is 76.1 Å². The Morgan fingerprint density at radius 3 is 2.64 bits per heavy atom. The minimum Gasteiger partial charge on any atom is -0.486 e. The summed E-state index contributed by atoms with van der Waals surface area (Å²) in [4.78, 5) is 26.5. The second kappa shape index (κ2) is 6.55. The van der Waals surface area contributed by atoms with Crippen LogP contribution in [0, 0.1) is 5.92 Å². The number of rotatable bonds is 3. The molecule has 2 aromatic carbocycles. The smallest absolute Gasteiger partial charge is 0.312 e. The first-order valence-electron chi connectivity index (χ1n) is 9.61. The molecular formula is C22H21NO5. The predicted molar refractivity (Wildman–Crippen MR) is 101 cm³/mol. The van der Waals surface area contributed by atoms with Crippen LogP contribution in [0.5, 0.6) is 11.5 Å². The van der Waals surface area contributed by atoms with Gasteiger partial charge in [-0.25, -0.2) is 0 Å². The summed E-state index contributed by atoms with van der Waals surface area (Å²) in [6.07, 6.45) is 0.786. The standard InChI is InChI=1S/C22H21NO5/c24-21(23-11-14-3-1-2-4-15(14)18(12-23)22(25)26)17-10-16(17)13-5-6-19-20(9-13)28-8-7-27-19/h1-6,9,16-18H,7-8,10-12H2,(H,25,26). The molecule has 1 fully saturated rings. The van der Waals surface area contributed by atoms with Crippen molar-refractivity contribution in [3.05, 3.63) is 59.2 Å². The number of amides is 1. The van der Waals surface area contributed by atoms with Gasteiger partial charge in [-0.2, -0.15) is 0 Å². The Labute approximate surface area is 162 Å². The summed E-state index contributed by atoms with van der Waals surface area (Å²) in [7, 11) is 0. The first-order chi connectivity index (χ1) is 13.6. The van der Waals surface area contributed by atoms with Crippen molar-refractivity contribution in [1.82, 2.24) is 4.90 Å². The summed E-state index contributed by atoms with van der Waals surface area (Å²) in [5.41, 5.74) is 2.82. The highest BCUT2D eigenvalue weighted by Gasteiger charge is 2.47. The van der Waals surface area contributed by atoms with E-state index in [-0.39, 0.29) is 24.3 Å². The lowest BCUT2D eigenvalue weighted by Crippen LogP contribution is -2.41. The van der Waals surface area contributed by atoms with Crippen LogP contribution in [-0.4, -0.2) is 41.6 Å². The van der Waals surface area contributed by atoms with E-state index in [1.165, 1.54) is 0 Å². The third-order valence-corrected chi connectivity index (χ3v) is 5.91. The maximum atomic E-state index is 13.1. The molecule has 0 bridgehead atoms. The molecule has 3 unspecified atom stereocenters. The van der Waals surface area contributed by atoms with Crippen molar-refractivity contribution in [2.45, 2.75) is 24.8 Å². The summed E-state index contributed by atoms with van der Waals surface area (Å²) in [5.74, 6) is 0.0337. The molecule has 2 heterocycles. The summed E-state index contributed by atoms with van der Waals surface area (Å²) in [5, 5.41) is 9.62. The number of carbonyl (C=O) groups excluding carboxylic acids is 1. The van der Waals surface area contributed by atoms with Crippen molar-refractivity contribution in [2.24, 2.45) is 5.92 Å². The van der Waals surface area contributed by atoms with Gasteiger partial charge in [0.1, 0.15) is 13.2 Å². The average molecular weight is 379 g/mol. The van der Waals surface area contributed by atoms with Gasteiger partial charge in [0, 0.05) is 19.0 Å². The molecule has 0 radical (unpaired) electrons. The Balaban J connectivity index is 1.33. The fraction of sp³-hybridized carbons (Fsp3) is 0.364. The molecule has 3 atom stereocenters. The second-order valence-electron chi connectivity index (χ2n) is 7.66. The van der Waals surface area contributed by atoms with Gasteiger partial charge in [-0.15, -0.1) is 0 Å². The van der Waals surface area contributed by atoms with Crippen LogP contribution in [0.15, 0.2) is 42.5 Å². The zero-order chi connectivity index (χ0) is 19.3. The largest absolute Gasteiger partial charge is 0.486 e. The number of carboxylic acids is 1. The third-order valence-electron chi connectivity index (χ3n) is 5.91. The molecule has 5 rings (SSSR count).